The average molecular weight is 623 g/mol. The first kappa shape index (κ1) is 25.7. The first-order valence-electron chi connectivity index (χ1n) is 9.98. The van der Waals surface area contributed by atoms with Gasteiger partial charge in [0.05, 0.1) is 8.07 Å². The van der Waals surface area contributed by atoms with Crippen LogP contribution in [0.5, 0.6) is 0 Å². The minimum Gasteiger partial charge on any atom is -0.305 e. The Bertz CT molecular complexity index is 1140. The van der Waals surface area contributed by atoms with Gasteiger partial charge < -0.3 is 9.97 Å². The normalized spacial score (nSPS) is 10.6. The molecule has 0 fully saturated rings. The van der Waals surface area contributed by atoms with Crippen LogP contribution in [0.1, 0.15) is 5.69 Å². The van der Waals surface area contributed by atoms with Crippen molar-refractivity contribution < 1.29 is 28.9 Å². The van der Waals surface area contributed by atoms with Gasteiger partial charge >= 0.3 is 0 Å². The second-order valence-electron chi connectivity index (χ2n) is 8.16. The summed E-state index contributed by atoms with van der Waals surface area (Å²) >= 11 is 0. The molecule has 0 spiro atoms. The Morgan fingerprint density at radius 1 is 0.875 bits per heavy atom. The van der Waals surface area contributed by atoms with Crippen LogP contribution in [0.3, 0.4) is 0 Å². The predicted octanol–water partition coefficient (Wildman–Crippen LogP) is 6.23. The van der Waals surface area contributed by atoms with Gasteiger partial charge in [0, 0.05) is 43.6 Å². The van der Waals surface area contributed by atoms with Crippen LogP contribution in [0.2, 0.25) is 19.6 Å². The van der Waals surface area contributed by atoms with Crippen molar-refractivity contribution in [1.82, 2.24) is 9.97 Å². The average Bonchev–Trinajstić information content (AvgIpc) is 2.74. The molecule has 0 amide bonds. The summed E-state index contributed by atoms with van der Waals surface area (Å²) < 4.78 is 26.4. The van der Waals surface area contributed by atoms with Gasteiger partial charge in [-0.1, -0.05) is 55.5 Å². The number of hydrogen-bond acceptors (Lipinski definition) is 2. The molecule has 0 bridgehead atoms. The third kappa shape index (κ3) is 6.99. The smallest absolute Gasteiger partial charge is 0.0795 e. The summed E-state index contributed by atoms with van der Waals surface area (Å²) in [5, 5.41) is 1.20. The van der Waals surface area contributed by atoms with E-state index in [1.54, 1.807) is 12.3 Å². The summed E-state index contributed by atoms with van der Waals surface area (Å²) in [4.78, 5) is 8.66. The number of halogens is 2. The fourth-order valence-corrected chi connectivity index (χ4v) is 3.91. The van der Waals surface area contributed by atoms with Gasteiger partial charge in [-0.15, -0.1) is 48.0 Å². The number of aryl methyl sites for hydroxylation is 1. The zero-order valence-electron chi connectivity index (χ0n) is 18.4. The van der Waals surface area contributed by atoms with E-state index in [-0.39, 0.29) is 25.7 Å². The maximum Gasteiger partial charge on any atom is 0.0795 e. The van der Waals surface area contributed by atoms with Gasteiger partial charge in [0.2, 0.25) is 0 Å². The van der Waals surface area contributed by atoms with Crippen molar-refractivity contribution in [2.24, 2.45) is 0 Å². The van der Waals surface area contributed by atoms with Crippen LogP contribution in [0, 0.1) is 30.7 Å². The summed E-state index contributed by atoms with van der Waals surface area (Å²) in [6.45, 7) is 8.64. The Morgan fingerprint density at radius 2 is 1.66 bits per heavy atom. The summed E-state index contributed by atoms with van der Waals surface area (Å²) in [7, 11) is -1.41. The van der Waals surface area contributed by atoms with E-state index in [0.29, 0.717) is 5.69 Å². The number of nitrogens with zero attached hydrogens (tertiary/aromatic N) is 2. The molecule has 6 heteroatoms. The van der Waals surface area contributed by atoms with Crippen molar-refractivity contribution in [3.8, 4) is 22.5 Å². The maximum absolute atomic E-state index is 13.6. The van der Waals surface area contributed by atoms with E-state index in [1.165, 1.54) is 5.19 Å². The first-order valence-corrected chi connectivity index (χ1v) is 13.5. The van der Waals surface area contributed by atoms with Gasteiger partial charge in [-0.05, 0) is 29.6 Å². The van der Waals surface area contributed by atoms with E-state index in [0.717, 1.165) is 29.1 Å². The van der Waals surface area contributed by atoms with E-state index in [1.807, 2.05) is 55.5 Å². The van der Waals surface area contributed by atoms with E-state index in [9.17, 15) is 8.78 Å². The standard InChI is InChI=1S/C14H14F2NSi.C12H10N.Ir/c1-18(2,3)11-5-7-14(17-9-11)12-6-4-10(15)8-13(12)16;1-10-6-5-9-12(13-10)11-7-3-2-4-8-11;/h4-5,7-9H,1-3H3;2-7,9H,1H3;/q2*-1;. The largest absolute Gasteiger partial charge is 0.305 e. The van der Waals surface area contributed by atoms with Gasteiger partial charge in [0.1, 0.15) is 0 Å². The second-order valence-corrected chi connectivity index (χ2v) is 13.2. The SMILES string of the molecule is C[Si](C)(C)c1ccc(-c2[c-]cc(F)cc2F)nc1.Cc1cccc(-c2[c-]cccc2)n1.[Ir]. The number of aromatic nitrogens is 2. The molecule has 1 radical (unpaired) electrons. The van der Waals surface area contributed by atoms with Gasteiger partial charge in [0.15, 0.2) is 0 Å². The molecule has 0 aliphatic carbocycles. The van der Waals surface area contributed by atoms with Crippen molar-refractivity contribution >= 4 is 13.3 Å². The van der Waals surface area contributed by atoms with Crippen LogP contribution in [-0.2, 0) is 20.1 Å². The molecule has 0 aliphatic heterocycles. The van der Waals surface area contributed by atoms with E-state index < -0.39 is 19.7 Å². The molecule has 0 N–H and O–H groups in total. The van der Waals surface area contributed by atoms with Crippen molar-refractivity contribution in [2.45, 2.75) is 26.6 Å². The maximum atomic E-state index is 13.6. The van der Waals surface area contributed by atoms with Crippen molar-refractivity contribution in [1.29, 1.82) is 0 Å². The second kappa shape index (κ2) is 11.4. The van der Waals surface area contributed by atoms with Crippen LogP contribution in [0.15, 0.2) is 72.9 Å². The number of benzene rings is 2. The molecule has 0 aliphatic rings. The Morgan fingerprint density at radius 3 is 2.22 bits per heavy atom. The van der Waals surface area contributed by atoms with Crippen LogP contribution >= 0.6 is 0 Å². The zero-order chi connectivity index (χ0) is 22.4. The molecule has 167 valence electrons. The molecule has 0 atom stereocenters. The van der Waals surface area contributed by atoms with Crippen LogP contribution in [0.4, 0.5) is 8.78 Å². The molecular formula is C26H24F2IrN2Si-2. The van der Waals surface area contributed by atoms with E-state index in [4.69, 9.17) is 0 Å². The predicted molar refractivity (Wildman–Crippen MR) is 125 cm³/mol. The molecule has 4 rings (SSSR count). The van der Waals surface area contributed by atoms with Crippen molar-refractivity contribution in [3.63, 3.8) is 0 Å². The number of pyridine rings is 2. The summed E-state index contributed by atoms with van der Waals surface area (Å²) in [6.07, 6.45) is 1.78. The minimum atomic E-state index is -1.41. The topological polar surface area (TPSA) is 25.8 Å². The van der Waals surface area contributed by atoms with Gasteiger partial charge in [-0.3, -0.25) is 8.78 Å². The van der Waals surface area contributed by atoms with Crippen LogP contribution in [-0.4, -0.2) is 18.0 Å². The Hall–Kier alpha value is -2.53. The van der Waals surface area contributed by atoms with Crippen molar-refractivity contribution in [2.75, 3.05) is 0 Å². The molecule has 4 aromatic rings. The molecule has 0 saturated heterocycles. The summed E-state index contributed by atoms with van der Waals surface area (Å²) in [5.41, 5.74) is 3.76. The molecular weight excluding hydrogens is 599 g/mol. The molecule has 2 aromatic heterocycles. The Kier molecular flexibility index (Phi) is 9.14. The Balaban J connectivity index is 0.000000230. The number of hydrogen-bond donors (Lipinski definition) is 0. The van der Waals surface area contributed by atoms with Gasteiger partial charge in [0.25, 0.3) is 0 Å². The van der Waals surface area contributed by atoms with Gasteiger partial charge in [-0.2, -0.15) is 0 Å². The molecule has 0 saturated carbocycles. The molecule has 2 heterocycles. The summed E-state index contributed by atoms with van der Waals surface area (Å²) in [5.74, 6) is -1.27. The van der Waals surface area contributed by atoms with E-state index in [2.05, 4.69) is 41.7 Å². The van der Waals surface area contributed by atoms with Gasteiger partial charge in [-0.25, -0.2) is 0 Å². The molecule has 2 nitrogen and oxygen atoms in total. The third-order valence-electron chi connectivity index (χ3n) is 4.62. The third-order valence-corrected chi connectivity index (χ3v) is 6.64. The quantitative estimate of drug-likeness (QED) is 0.200. The van der Waals surface area contributed by atoms with Crippen LogP contribution in [0.25, 0.3) is 22.5 Å². The fraction of sp³-hybridized carbons (Fsp3) is 0.154. The Labute approximate surface area is 203 Å². The van der Waals surface area contributed by atoms with E-state index >= 15 is 0 Å². The fourth-order valence-electron chi connectivity index (χ4n) is 2.87. The molecule has 32 heavy (non-hydrogen) atoms. The number of rotatable bonds is 3. The molecule has 2 aromatic carbocycles. The first-order chi connectivity index (χ1) is 14.7. The zero-order valence-corrected chi connectivity index (χ0v) is 21.8. The minimum absolute atomic E-state index is 0. The van der Waals surface area contributed by atoms with Crippen molar-refractivity contribution in [3.05, 3.63) is 102 Å². The monoisotopic (exact) mass is 623 g/mol. The molecule has 0 unspecified atom stereocenters. The van der Waals surface area contributed by atoms with Crippen LogP contribution < -0.4 is 5.19 Å². The summed E-state index contributed by atoms with van der Waals surface area (Å²) in [6, 6.07) is 25.3.